The second-order valence-corrected chi connectivity index (χ2v) is 14.2. The van der Waals surface area contributed by atoms with Gasteiger partial charge in [-0.2, -0.15) is 0 Å². The summed E-state index contributed by atoms with van der Waals surface area (Å²) in [6, 6.07) is 5.76. The number of rotatable bonds is 2. The van der Waals surface area contributed by atoms with Gasteiger partial charge in [0.05, 0.1) is 17.6 Å². The third-order valence-corrected chi connectivity index (χ3v) is 10.2. The van der Waals surface area contributed by atoms with Gasteiger partial charge in [-0.1, -0.05) is 69.8 Å². The molecule has 1 fully saturated rings. The highest BCUT2D eigenvalue weighted by atomic mass is 32.2. The molecular weight excluding hydrogens is 366 g/mol. The second kappa shape index (κ2) is 7.36. The maximum atomic E-state index is 11.8. The molecule has 132 valence electrons. The highest BCUT2D eigenvalue weighted by molar-refractivity contribution is 8.26. The van der Waals surface area contributed by atoms with Gasteiger partial charge < -0.3 is 10.1 Å². The smallest absolute Gasteiger partial charge is 0.263 e. The number of ether oxygens (including phenoxy) is 1. The molecule has 6 heteroatoms. The molecule has 0 aliphatic carbocycles. The molecule has 1 aromatic rings. The van der Waals surface area contributed by atoms with Gasteiger partial charge in [0, 0.05) is 0 Å². The number of methoxy groups -OCH3 is 1. The first-order chi connectivity index (χ1) is 11.5. The molecule has 1 N–H and O–H groups in total. The molecule has 0 spiro atoms. The maximum absolute atomic E-state index is 11.8. The van der Waals surface area contributed by atoms with Crippen molar-refractivity contribution >= 4 is 48.4 Å². The number of amides is 1. The van der Waals surface area contributed by atoms with Crippen molar-refractivity contribution in [3.63, 3.8) is 0 Å². The Kier molecular flexibility index (Phi) is 5.82. The first-order valence-electron chi connectivity index (χ1n) is 7.99. The van der Waals surface area contributed by atoms with E-state index in [1.165, 1.54) is 11.8 Å². The first-order valence-corrected chi connectivity index (χ1v) is 12.2. The zero-order chi connectivity index (χ0) is 18.8. The standard InChI is InChI=1S/C19H23NO2S2Si/c1-19(2,3)25(5,6)10-9-14-11-13(7-8-15(14)22-4)12-16-17(21)20-18(23)24-16/h7-8,11-12H,1-6H3,(H,20,21,23)/b16-12-. The Morgan fingerprint density at radius 2 is 2.00 bits per heavy atom. The molecule has 25 heavy (non-hydrogen) atoms. The van der Waals surface area contributed by atoms with Crippen LogP contribution in [0.15, 0.2) is 23.1 Å². The number of carbonyl (C=O) groups excluding carboxylic acids is 1. The van der Waals surface area contributed by atoms with Gasteiger partial charge in [-0.15, -0.1) is 5.54 Å². The number of carbonyl (C=O) groups is 1. The number of thiocarbonyl (C=S) groups is 1. The van der Waals surface area contributed by atoms with Crippen LogP contribution in [0.2, 0.25) is 18.1 Å². The van der Waals surface area contributed by atoms with E-state index in [-0.39, 0.29) is 10.9 Å². The van der Waals surface area contributed by atoms with Gasteiger partial charge in [-0.25, -0.2) is 0 Å². The number of hydrogen-bond donors (Lipinski definition) is 1. The van der Waals surface area contributed by atoms with Crippen LogP contribution >= 0.6 is 24.0 Å². The summed E-state index contributed by atoms with van der Waals surface area (Å²) in [5.74, 6) is 3.91. The summed E-state index contributed by atoms with van der Waals surface area (Å²) in [4.78, 5) is 12.4. The molecule has 0 bridgehead atoms. The molecule has 0 aromatic heterocycles. The topological polar surface area (TPSA) is 38.3 Å². The van der Waals surface area contributed by atoms with E-state index in [4.69, 9.17) is 17.0 Å². The molecule has 0 radical (unpaired) electrons. The normalized spacial score (nSPS) is 16.5. The average Bonchev–Trinajstić information content (AvgIpc) is 2.82. The fourth-order valence-electron chi connectivity index (χ4n) is 1.90. The molecule has 1 heterocycles. The maximum Gasteiger partial charge on any atom is 0.263 e. The van der Waals surface area contributed by atoms with Gasteiger partial charge in [0.15, 0.2) is 0 Å². The van der Waals surface area contributed by atoms with Gasteiger partial charge in [0.2, 0.25) is 0 Å². The first kappa shape index (κ1) is 19.8. The van der Waals surface area contributed by atoms with Crippen LogP contribution in [-0.2, 0) is 4.79 Å². The quantitative estimate of drug-likeness (QED) is 0.348. The summed E-state index contributed by atoms with van der Waals surface area (Å²) < 4.78 is 5.93. The van der Waals surface area contributed by atoms with Crippen molar-refractivity contribution in [2.75, 3.05) is 7.11 Å². The number of benzene rings is 1. The predicted molar refractivity (Wildman–Crippen MR) is 113 cm³/mol. The van der Waals surface area contributed by atoms with Gasteiger partial charge >= 0.3 is 0 Å². The van der Waals surface area contributed by atoms with Crippen LogP contribution in [0.5, 0.6) is 5.75 Å². The Bertz CT molecular complexity index is 811. The SMILES string of the molecule is COc1ccc(/C=C2\SC(=S)NC2=O)cc1C#C[Si](C)(C)C(C)(C)C. The largest absolute Gasteiger partial charge is 0.495 e. The lowest BCUT2D eigenvalue weighted by atomic mass is 10.1. The summed E-state index contributed by atoms with van der Waals surface area (Å²) in [7, 11) is -0.0715. The van der Waals surface area contributed by atoms with Crippen molar-refractivity contribution in [3.05, 3.63) is 34.2 Å². The molecule has 1 aromatic carbocycles. The van der Waals surface area contributed by atoms with Crippen LogP contribution in [0.4, 0.5) is 0 Å². The zero-order valence-corrected chi connectivity index (χ0v) is 18.1. The monoisotopic (exact) mass is 389 g/mol. The van der Waals surface area contributed by atoms with E-state index in [1.54, 1.807) is 7.11 Å². The Hall–Kier alpha value is -1.55. The second-order valence-electron chi connectivity index (χ2n) is 7.44. The summed E-state index contributed by atoms with van der Waals surface area (Å²) >= 11 is 6.30. The Labute approximate surface area is 160 Å². The number of nitrogens with one attached hydrogen (secondary N) is 1. The van der Waals surface area contributed by atoms with Crippen LogP contribution in [-0.4, -0.2) is 25.4 Å². The Balaban J connectivity index is 2.41. The lowest BCUT2D eigenvalue weighted by molar-refractivity contribution is -0.115. The molecule has 2 rings (SSSR count). The van der Waals surface area contributed by atoms with E-state index in [2.05, 4.69) is 50.6 Å². The van der Waals surface area contributed by atoms with Gasteiger partial charge in [0.25, 0.3) is 5.91 Å². The lowest BCUT2D eigenvalue weighted by Gasteiger charge is -2.31. The lowest BCUT2D eigenvalue weighted by Crippen LogP contribution is -2.35. The molecule has 3 nitrogen and oxygen atoms in total. The third-order valence-electron chi connectivity index (χ3n) is 4.55. The van der Waals surface area contributed by atoms with Crippen LogP contribution in [0.3, 0.4) is 0 Å². The minimum absolute atomic E-state index is 0.153. The third kappa shape index (κ3) is 4.75. The van der Waals surface area contributed by atoms with Crippen molar-refractivity contribution < 1.29 is 9.53 Å². The van der Waals surface area contributed by atoms with Crippen LogP contribution in [0, 0.1) is 11.5 Å². The Morgan fingerprint density at radius 1 is 1.32 bits per heavy atom. The average molecular weight is 390 g/mol. The molecule has 0 saturated carbocycles. The summed E-state index contributed by atoms with van der Waals surface area (Å²) in [5.41, 5.74) is 5.26. The van der Waals surface area contributed by atoms with Crippen LogP contribution in [0.25, 0.3) is 6.08 Å². The number of thioether (sulfide) groups is 1. The van der Waals surface area contributed by atoms with Crippen LogP contribution < -0.4 is 10.1 Å². The van der Waals surface area contributed by atoms with Gasteiger partial charge in [0.1, 0.15) is 18.1 Å². The summed E-state index contributed by atoms with van der Waals surface area (Å²) in [6.45, 7) is 11.3. The molecule has 0 atom stereocenters. The summed E-state index contributed by atoms with van der Waals surface area (Å²) in [5, 5.41) is 2.82. The van der Waals surface area contributed by atoms with E-state index >= 15 is 0 Å². The van der Waals surface area contributed by atoms with E-state index in [0.29, 0.717) is 9.23 Å². The van der Waals surface area contributed by atoms with Crippen LogP contribution in [0.1, 0.15) is 31.9 Å². The van der Waals surface area contributed by atoms with E-state index in [9.17, 15) is 4.79 Å². The van der Waals surface area contributed by atoms with Crippen molar-refractivity contribution in [3.8, 4) is 17.2 Å². The molecule has 1 aliphatic heterocycles. The van der Waals surface area contributed by atoms with Crippen molar-refractivity contribution in [2.45, 2.75) is 38.9 Å². The molecular formula is C19H23NO2S2Si. The highest BCUT2D eigenvalue weighted by Gasteiger charge is 2.33. The van der Waals surface area contributed by atoms with E-state index in [0.717, 1.165) is 16.9 Å². The number of hydrogen-bond acceptors (Lipinski definition) is 4. The van der Waals surface area contributed by atoms with Gasteiger partial charge in [-0.05, 0) is 28.8 Å². The fourth-order valence-corrected chi connectivity index (χ4v) is 3.76. The van der Waals surface area contributed by atoms with Crippen molar-refractivity contribution in [1.29, 1.82) is 0 Å². The van der Waals surface area contributed by atoms with Crippen molar-refractivity contribution in [2.24, 2.45) is 0 Å². The fraction of sp³-hybridized carbons (Fsp3) is 0.368. The Morgan fingerprint density at radius 3 is 2.52 bits per heavy atom. The molecule has 1 aliphatic rings. The molecule has 1 saturated heterocycles. The minimum Gasteiger partial charge on any atom is -0.495 e. The molecule has 1 amide bonds. The van der Waals surface area contributed by atoms with E-state index in [1.807, 2.05) is 24.3 Å². The predicted octanol–water partition coefficient (Wildman–Crippen LogP) is 4.58. The summed E-state index contributed by atoms with van der Waals surface area (Å²) in [6.07, 6.45) is 1.83. The highest BCUT2D eigenvalue weighted by Crippen LogP contribution is 2.35. The van der Waals surface area contributed by atoms with Crippen molar-refractivity contribution in [1.82, 2.24) is 5.32 Å². The zero-order valence-electron chi connectivity index (χ0n) is 15.4. The molecule has 0 unspecified atom stereocenters. The van der Waals surface area contributed by atoms with E-state index < -0.39 is 8.07 Å². The minimum atomic E-state index is -1.71. The van der Waals surface area contributed by atoms with Gasteiger partial charge in [-0.3, -0.25) is 4.79 Å².